The third-order valence-corrected chi connectivity index (χ3v) is 5.07. The largest absolute Gasteiger partial charge is 0.488 e. The number of aromatic carboxylic acids is 1. The molecular weight excluding hydrogens is 365 g/mol. The quantitative estimate of drug-likeness (QED) is 0.664. The van der Waals surface area contributed by atoms with Crippen molar-refractivity contribution >= 4 is 28.9 Å². The minimum atomic E-state index is -1.02. The van der Waals surface area contributed by atoms with E-state index in [0.29, 0.717) is 22.0 Å². The van der Waals surface area contributed by atoms with Gasteiger partial charge in [0.05, 0.1) is 16.3 Å². The lowest BCUT2D eigenvalue weighted by atomic mass is 10.2. The second-order valence-corrected chi connectivity index (χ2v) is 6.63. The van der Waals surface area contributed by atoms with Crippen LogP contribution in [-0.4, -0.2) is 16.1 Å². The molecule has 2 aromatic carbocycles. The van der Waals surface area contributed by atoms with Gasteiger partial charge in [0.15, 0.2) is 0 Å². The number of carboxylic acids is 1. The van der Waals surface area contributed by atoms with Gasteiger partial charge in [0.25, 0.3) is 0 Å². The first-order chi connectivity index (χ1) is 12.0. The van der Waals surface area contributed by atoms with Crippen LogP contribution in [0.4, 0.5) is 4.39 Å². The molecule has 128 valence electrons. The van der Waals surface area contributed by atoms with E-state index in [4.69, 9.17) is 16.3 Å². The van der Waals surface area contributed by atoms with E-state index in [1.54, 1.807) is 37.3 Å². The molecule has 0 aliphatic rings. The molecule has 1 heterocycles. The Kier molecular flexibility index (Phi) is 5.01. The Hall–Kier alpha value is -2.44. The van der Waals surface area contributed by atoms with Crippen molar-refractivity contribution in [1.82, 2.24) is 4.98 Å². The van der Waals surface area contributed by atoms with Crippen molar-refractivity contribution < 1.29 is 19.0 Å². The molecule has 1 aromatic heterocycles. The van der Waals surface area contributed by atoms with Gasteiger partial charge in [-0.15, -0.1) is 11.3 Å². The van der Waals surface area contributed by atoms with Gasteiger partial charge in [0.1, 0.15) is 28.1 Å². The summed E-state index contributed by atoms with van der Waals surface area (Å²) in [5.74, 6) is -0.978. The molecule has 4 nitrogen and oxygen atoms in total. The number of para-hydroxylation sites is 1. The van der Waals surface area contributed by atoms with Gasteiger partial charge in [-0.05, 0) is 31.2 Å². The Morgan fingerprint density at radius 1 is 1.28 bits per heavy atom. The molecule has 3 rings (SSSR count). The van der Waals surface area contributed by atoms with Crippen LogP contribution in [0.1, 0.15) is 20.9 Å². The minimum Gasteiger partial charge on any atom is -0.488 e. The molecular formula is C18H13ClFNO3S. The van der Waals surface area contributed by atoms with Crippen LogP contribution in [0, 0.1) is 12.7 Å². The highest BCUT2D eigenvalue weighted by atomic mass is 35.5. The summed E-state index contributed by atoms with van der Waals surface area (Å²) in [4.78, 5) is 15.7. The van der Waals surface area contributed by atoms with Gasteiger partial charge in [0.2, 0.25) is 0 Å². The number of carbonyl (C=O) groups is 1. The number of hydrogen-bond acceptors (Lipinski definition) is 4. The van der Waals surface area contributed by atoms with Crippen molar-refractivity contribution in [3.8, 4) is 16.3 Å². The van der Waals surface area contributed by atoms with Gasteiger partial charge in [-0.3, -0.25) is 0 Å². The lowest BCUT2D eigenvalue weighted by Crippen LogP contribution is -2.00. The van der Waals surface area contributed by atoms with Crippen molar-refractivity contribution in [3.05, 3.63) is 69.4 Å². The number of aromatic nitrogens is 1. The zero-order chi connectivity index (χ0) is 18.0. The number of aryl methyl sites for hydroxylation is 1. The van der Waals surface area contributed by atoms with Crippen molar-refractivity contribution in [3.63, 3.8) is 0 Å². The molecule has 0 atom stereocenters. The lowest BCUT2D eigenvalue weighted by Gasteiger charge is -2.11. The number of carboxylic acid groups (broad SMARTS) is 1. The molecule has 0 saturated heterocycles. The standard InChI is InChI=1S/C18H13ClFNO3S/c1-10-16(18(22)23)25-17(21-10)11-5-2-3-8-15(11)24-9-12-13(19)6-4-7-14(12)20/h2-8H,9H2,1H3,(H,22,23). The van der Waals surface area contributed by atoms with Gasteiger partial charge in [0, 0.05) is 5.56 Å². The molecule has 1 N–H and O–H groups in total. The van der Waals surface area contributed by atoms with E-state index in [1.165, 1.54) is 12.1 Å². The highest BCUT2D eigenvalue weighted by Gasteiger charge is 2.18. The Balaban J connectivity index is 1.92. The second-order valence-electron chi connectivity index (χ2n) is 5.22. The van der Waals surface area contributed by atoms with E-state index in [-0.39, 0.29) is 22.1 Å². The van der Waals surface area contributed by atoms with E-state index in [9.17, 15) is 14.3 Å². The maximum atomic E-state index is 13.9. The fraction of sp³-hybridized carbons (Fsp3) is 0.111. The maximum absolute atomic E-state index is 13.9. The summed E-state index contributed by atoms with van der Waals surface area (Å²) in [6, 6.07) is 11.5. The van der Waals surface area contributed by atoms with Gasteiger partial charge in [-0.25, -0.2) is 14.2 Å². The molecule has 0 aliphatic carbocycles. The minimum absolute atomic E-state index is 0.0430. The first kappa shape index (κ1) is 17.4. The summed E-state index contributed by atoms with van der Waals surface area (Å²) in [5, 5.41) is 10.0. The van der Waals surface area contributed by atoms with Crippen molar-refractivity contribution in [2.75, 3.05) is 0 Å². The molecule has 0 unspecified atom stereocenters. The van der Waals surface area contributed by atoms with Gasteiger partial charge in [-0.1, -0.05) is 29.8 Å². The van der Waals surface area contributed by atoms with Crippen molar-refractivity contribution in [1.29, 1.82) is 0 Å². The number of halogens is 2. The predicted molar refractivity (Wildman–Crippen MR) is 95.0 cm³/mol. The number of thiazole rings is 1. The molecule has 0 saturated carbocycles. The van der Waals surface area contributed by atoms with Crippen LogP contribution in [0.2, 0.25) is 5.02 Å². The Labute approximate surface area is 152 Å². The Morgan fingerprint density at radius 2 is 2.04 bits per heavy atom. The second kappa shape index (κ2) is 7.21. The number of hydrogen-bond donors (Lipinski definition) is 1. The molecule has 0 spiro atoms. The summed E-state index contributed by atoms with van der Waals surface area (Å²) >= 11 is 7.09. The highest BCUT2D eigenvalue weighted by molar-refractivity contribution is 7.17. The zero-order valence-corrected chi connectivity index (χ0v) is 14.7. The normalized spacial score (nSPS) is 10.7. The van der Waals surface area contributed by atoms with Crippen LogP contribution in [0.25, 0.3) is 10.6 Å². The third kappa shape index (κ3) is 3.65. The Morgan fingerprint density at radius 3 is 2.72 bits per heavy atom. The first-order valence-corrected chi connectivity index (χ1v) is 8.52. The van der Waals surface area contributed by atoms with Crippen LogP contribution in [0.15, 0.2) is 42.5 Å². The number of benzene rings is 2. The monoisotopic (exact) mass is 377 g/mol. The highest BCUT2D eigenvalue weighted by Crippen LogP contribution is 2.35. The first-order valence-electron chi connectivity index (χ1n) is 7.33. The molecule has 3 aromatic rings. The number of rotatable bonds is 5. The van der Waals surface area contributed by atoms with E-state index in [2.05, 4.69) is 4.98 Å². The Bertz CT molecular complexity index is 922. The summed E-state index contributed by atoms with van der Waals surface area (Å²) < 4.78 is 19.6. The molecule has 0 amide bonds. The SMILES string of the molecule is Cc1nc(-c2ccccc2OCc2c(F)cccc2Cl)sc1C(=O)O. The summed E-state index contributed by atoms with van der Waals surface area (Å²) in [7, 11) is 0. The number of nitrogens with zero attached hydrogens (tertiary/aromatic N) is 1. The average molecular weight is 378 g/mol. The van der Waals surface area contributed by atoms with E-state index in [0.717, 1.165) is 11.3 Å². The third-order valence-electron chi connectivity index (χ3n) is 3.54. The lowest BCUT2D eigenvalue weighted by molar-refractivity contribution is 0.0701. The van der Waals surface area contributed by atoms with Crippen LogP contribution in [0.3, 0.4) is 0 Å². The van der Waals surface area contributed by atoms with Gasteiger partial charge >= 0.3 is 5.97 Å². The van der Waals surface area contributed by atoms with Crippen LogP contribution < -0.4 is 4.74 Å². The van der Waals surface area contributed by atoms with Crippen molar-refractivity contribution in [2.45, 2.75) is 13.5 Å². The topological polar surface area (TPSA) is 59.4 Å². The number of ether oxygens (including phenoxy) is 1. The van der Waals surface area contributed by atoms with E-state index < -0.39 is 11.8 Å². The smallest absolute Gasteiger partial charge is 0.347 e. The zero-order valence-electron chi connectivity index (χ0n) is 13.1. The van der Waals surface area contributed by atoms with Crippen LogP contribution in [0.5, 0.6) is 5.75 Å². The molecule has 0 fully saturated rings. The summed E-state index contributed by atoms with van der Waals surface area (Å²) in [6.07, 6.45) is 0. The predicted octanol–water partition coefficient (Wildman–Crippen LogP) is 5.19. The van der Waals surface area contributed by atoms with E-state index in [1.807, 2.05) is 0 Å². The fourth-order valence-electron chi connectivity index (χ4n) is 2.30. The van der Waals surface area contributed by atoms with Crippen LogP contribution >= 0.6 is 22.9 Å². The maximum Gasteiger partial charge on any atom is 0.347 e. The molecule has 0 radical (unpaired) electrons. The molecule has 25 heavy (non-hydrogen) atoms. The molecule has 0 aliphatic heterocycles. The molecule has 0 bridgehead atoms. The fourth-order valence-corrected chi connectivity index (χ4v) is 3.45. The van der Waals surface area contributed by atoms with Crippen LogP contribution in [-0.2, 0) is 6.61 Å². The summed E-state index contributed by atoms with van der Waals surface area (Å²) in [6.45, 7) is 1.60. The van der Waals surface area contributed by atoms with Gasteiger partial charge in [-0.2, -0.15) is 0 Å². The molecule has 7 heteroatoms. The van der Waals surface area contributed by atoms with E-state index >= 15 is 0 Å². The summed E-state index contributed by atoms with van der Waals surface area (Å²) in [5.41, 5.74) is 1.36. The average Bonchev–Trinajstić information content (AvgIpc) is 2.97. The van der Waals surface area contributed by atoms with Crippen molar-refractivity contribution in [2.24, 2.45) is 0 Å². The van der Waals surface area contributed by atoms with Gasteiger partial charge < -0.3 is 9.84 Å².